The molecule has 2 amide bonds. The van der Waals surface area contributed by atoms with Crippen molar-refractivity contribution in [3.63, 3.8) is 0 Å². The molecule has 0 atom stereocenters. The number of fused-ring (bicyclic) bond motifs is 1. The average molecular weight is 285 g/mol. The smallest absolute Gasteiger partial charge is 0.253 e. The van der Waals surface area contributed by atoms with Gasteiger partial charge in [-0.05, 0) is 39.0 Å². The van der Waals surface area contributed by atoms with E-state index in [1.807, 2.05) is 38.1 Å². The molecular weight excluding hydrogens is 266 g/mol. The number of pyridine rings is 1. The van der Waals surface area contributed by atoms with Crippen LogP contribution in [0.4, 0.5) is 0 Å². The molecule has 0 bridgehead atoms. The molecule has 2 aromatic rings. The molecule has 5 heteroatoms. The van der Waals surface area contributed by atoms with E-state index in [9.17, 15) is 9.59 Å². The van der Waals surface area contributed by atoms with Crippen LogP contribution < -0.4 is 10.6 Å². The van der Waals surface area contributed by atoms with Gasteiger partial charge in [0.2, 0.25) is 5.91 Å². The molecule has 0 fully saturated rings. The molecule has 21 heavy (non-hydrogen) atoms. The second-order valence-electron chi connectivity index (χ2n) is 4.95. The number of carbonyl (C=O) groups is 2. The topological polar surface area (TPSA) is 71.1 Å². The molecule has 0 unspecified atom stereocenters. The normalized spacial score (nSPS) is 10.4. The van der Waals surface area contributed by atoms with E-state index in [1.165, 1.54) is 0 Å². The van der Waals surface area contributed by atoms with Crippen LogP contribution in [0.5, 0.6) is 0 Å². The highest BCUT2D eigenvalue weighted by Gasteiger charge is 2.12. The zero-order valence-electron chi connectivity index (χ0n) is 12.5. The Labute approximate surface area is 123 Å². The predicted octanol–water partition coefficient (Wildman–Crippen LogP) is 1.72. The fourth-order valence-electron chi connectivity index (χ4n) is 2.14. The van der Waals surface area contributed by atoms with E-state index in [2.05, 4.69) is 15.6 Å². The van der Waals surface area contributed by atoms with E-state index >= 15 is 0 Å². The van der Waals surface area contributed by atoms with Crippen LogP contribution in [0.25, 0.3) is 10.9 Å². The number of likely N-dealkylation sites (N-methyl/N-ethyl adjacent to an activating group) is 1. The number of hydrogen-bond donors (Lipinski definition) is 2. The third-order valence-corrected chi connectivity index (χ3v) is 3.19. The van der Waals surface area contributed by atoms with Gasteiger partial charge in [-0.15, -0.1) is 0 Å². The maximum atomic E-state index is 12.2. The average Bonchev–Trinajstić information content (AvgIpc) is 2.45. The fraction of sp³-hybridized carbons (Fsp3) is 0.312. The number of amides is 2. The highest BCUT2D eigenvalue weighted by molar-refractivity contribution is 6.00. The molecule has 0 spiro atoms. The van der Waals surface area contributed by atoms with Gasteiger partial charge < -0.3 is 10.6 Å². The Morgan fingerprint density at radius 1 is 1.14 bits per heavy atom. The molecule has 5 nitrogen and oxygen atoms in total. The third-order valence-electron chi connectivity index (χ3n) is 3.19. The number of nitrogens with one attached hydrogen (secondary N) is 2. The van der Waals surface area contributed by atoms with Crippen molar-refractivity contribution >= 4 is 22.7 Å². The molecule has 0 aliphatic rings. The number of benzene rings is 1. The van der Waals surface area contributed by atoms with E-state index in [0.717, 1.165) is 16.5 Å². The Bertz CT molecular complexity index is 695. The van der Waals surface area contributed by atoms with Gasteiger partial charge in [-0.3, -0.25) is 14.6 Å². The largest absolute Gasteiger partial charge is 0.355 e. The van der Waals surface area contributed by atoms with Crippen molar-refractivity contribution in [2.45, 2.75) is 20.8 Å². The van der Waals surface area contributed by atoms with Gasteiger partial charge in [0.1, 0.15) is 0 Å². The Balaban J connectivity index is 2.22. The van der Waals surface area contributed by atoms with Crippen molar-refractivity contribution in [3.05, 3.63) is 41.1 Å². The van der Waals surface area contributed by atoms with Crippen molar-refractivity contribution in [2.75, 3.05) is 13.1 Å². The molecule has 110 valence electrons. The van der Waals surface area contributed by atoms with Gasteiger partial charge in [-0.1, -0.05) is 11.6 Å². The maximum Gasteiger partial charge on any atom is 0.253 e. The van der Waals surface area contributed by atoms with E-state index in [0.29, 0.717) is 17.8 Å². The quantitative estimate of drug-likeness (QED) is 0.898. The lowest BCUT2D eigenvalue weighted by atomic mass is 10.1. The van der Waals surface area contributed by atoms with Crippen LogP contribution in [-0.2, 0) is 4.79 Å². The Kier molecular flexibility index (Phi) is 4.52. The molecule has 0 aliphatic carbocycles. The molecule has 1 aromatic heterocycles. The number of rotatable bonds is 4. The SMILES string of the molecule is CCNC(=O)CNC(=O)c1cc2cc(C)ccc2nc1C. The molecule has 0 radical (unpaired) electrons. The summed E-state index contributed by atoms with van der Waals surface area (Å²) < 4.78 is 0. The van der Waals surface area contributed by atoms with E-state index in [-0.39, 0.29) is 18.4 Å². The third kappa shape index (κ3) is 3.56. The standard InChI is InChI=1S/C16H19N3O2/c1-4-17-15(20)9-18-16(21)13-8-12-7-10(2)5-6-14(12)19-11(13)3/h5-8H,4,9H2,1-3H3,(H,17,20)(H,18,21). The van der Waals surface area contributed by atoms with Gasteiger partial charge in [0.15, 0.2) is 0 Å². The first kappa shape index (κ1) is 15.0. The Morgan fingerprint density at radius 3 is 2.62 bits per heavy atom. The summed E-state index contributed by atoms with van der Waals surface area (Å²) in [5.74, 6) is -0.484. The summed E-state index contributed by atoms with van der Waals surface area (Å²) in [7, 11) is 0. The lowest BCUT2D eigenvalue weighted by Gasteiger charge is -2.09. The van der Waals surface area contributed by atoms with Crippen LogP contribution in [0.15, 0.2) is 24.3 Å². The maximum absolute atomic E-state index is 12.2. The zero-order chi connectivity index (χ0) is 15.4. The van der Waals surface area contributed by atoms with E-state index in [4.69, 9.17) is 0 Å². The first-order valence-electron chi connectivity index (χ1n) is 6.94. The number of aromatic nitrogens is 1. The highest BCUT2D eigenvalue weighted by atomic mass is 16.2. The lowest BCUT2D eigenvalue weighted by molar-refractivity contribution is -0.120. The van der Waals surface area contributed by atoms with Crippen LogP contribution in [0.1, 0.15) is 28.5 Å². The van der Waals surface area contributed by atoms with Crippen LogP contribution >= 0.6 is 0 Å². The Hall–Kier alpha value is -2.43. The summed E-state index contributed by atoms with van der Waals surface area (Å²) in [5.41, 5.74) is 3.12. The second kappa shape index (κ2) is 6.35. The van der Waals surface area contributed by atoms with Gasteiger partial charge >= 0.3 is 0 Å². The van der Waals surface area contributed by atoms with Crippen molar-refractivity contribution in [1.29, 1.82) is 0 Å². The Morgan fingerprint density at radius 2 is 1.90 bits per heavy atom. The zero-order valence-corrected chi connectivity index (χ0v) is 12.5. The summed E-state index contributed by atoms with van der Waals surface area (Å²) >= 11 is 0. The molecule has 0 saturated carbocycles. The van der Waals surface area contributed by atoms with Crippen LogP contribution in [0, 0.1) is 13.8 Å². The van der Waals surface area contributed by atoms with Gasteiger partial charge in [-0.25, -0.2) is 0 Å². The number of carbonyl (C=O) groups excluding carboxylic acids is 2. The van der Waals surface area contributed by atoms with Gasteiger partial charge in [0.05, 0.1) is 23.3 Å². The summed E-state index contributed by atoms with van der Waals surface area (Å²) in [4.78, 5) is 28.0. The monoisotopic (exact) mass is 285 g/mol. The van der Waals surface area contributed by atoms with Gasteiger partial charge in [-0.2, -0.15) is 0 Å². The molecule has 0 saturated heterocycles. The molecular formula is C16H19N3O2. The van der Waals surface area contributed by atoms with Gasteiger partial charge in [0, 0.05) is 11.9 Å². The highest BCUT2D eigenvalue weighted by Crippen LogP contribution is 2.18. The van der Waals surface area contributed by atoms with Crippen LogP contribution in [0.2, 0.25) is 0 Å². The summed E-state index contributed by atoms with van der Waals surface area (Å²) in [6.45, 7) is 6.14. The first-order valence-corrected chi connectivity index (χ1v) is 6.94. The number of nitrogens with zero attached hydrogens (tertiary/aromatic N) is 1. The predicted molar refractivity (Wildman–Crippen MR) is 82.2 cm³/mol. The molecule has 2 rings (SSSR count). The summed E-state index contributed by atoms with van der Waals surface area (Å²) in [5, 5.41) is 6.17. The van der Waals surface area contributed by atoms with Crippen molar-refractivity contribution in [3.8, 4) is 0 Å². The van der Waals surface area contributed by atoms with Crippen molar-refractivity contribution in [1.82, 2.24) is 15.6 Å². The summed E-state index contributed by atoms with van der Waals surface area (Å²) in [6, 6.07) is 7.73. The van der Waals surface area contributed by atoms with Crippen molar-refractivity contribution < 1.29 is 9.59 Å². The van der Waals surface area contributed by atoms with Crippen molar-refractivity contribution in [2.24, 2.45) is 0 Å². The molecule has 1 heterocycles. The minimum absolute atomic E-state index is 0.0298. The minimum Gasteiger partial charge on any atom is -0.355 e. The second-order valence-corrected chi connectivity index (χ2v) is 4.95. The molecule has 1 aromatic carbocycles. The first-order chi connectivity index (χ1) is 10.0. The molecule has 2 N–H and O–H groups in total. The molecule has 0 aliphatic heterocycles. The minimum atomic E-state index is -0.283. The number of aryl methyl sites for hydroxylation is 2. The van der Waals surface area contributed by atoms with Crippen LogP contribution in [-0.4, -0.2) is 29.9 Å². The number of hydrogen-bond acceptors (Lipinski definition) is 3. The fourth-order valence-corrected chi connectivity index (χ4v) is 2.14. The summed E-state index contributed by atoms with van der Waals surface area (Å²) in [6.07, 6.45) is 0. The van der Waals surface area contributed by atoms with Gasteiger partial charge in [0.25, 0.3) is 5.91 Å². The van der Waals surface area contributed by atoms with E-state index < -0.39 is 0 Å². The lowest BCUT2D eigenvalue weighted by Crippen LogP contribution is -2.37. The van der Waals surface area contributed by atoms with Crippen LogP contribution in [0.3, 0.4) is 0 Å². The van der Waals surface area contributed by atoms with E-state index in [1.54, 1.807) is 6.92 Å².